The first-order valence-electron chi connectivity index (χ1n) is 10.5. The fourth-order valence-electron chi connectivity index (χ4n) is 3.61. The lowest BCUT2D eigenvalue weighted by molar-refractivity contribution is 0.101. The number of rotatable bonds is 5. The normalized spacial score (nSPS) is 14.4. The lowest BCUT2D eigenvalue weighted by Gasteiger charge is -2.33. The van der Waals surface area contributed by atoms with Gasteiger partial charge in [0, 0.05) is 26.2 Å². The van der Waals surface area contributed by atoms with Gasteiger partial charge in [0.25, 0.3) is 5.91 Å². The lowest BCUT2D eigenvalue weighted by atomic mass is 10.3. The maximum atomic E-state index is 13.4. The summed E-state index contributed by atoms with van der Waals surface area (Å²) in [7, 11) is 2.11. The molecule has 10 heteroatoms. The van der Waals surface area contributed by atoms with E-state index in [9.17, 15) is 9.18 Å². The molecule has 0 unspecified atom stereocenters. The number of piperazine rings is 1. The molecule has 0 spiro atoms. The molecule has 1 fully saturated rings. The average Bonchev–Trinajstić information content (AvgIpc) is 3.51. The second-order valence-corrected chi connectivity index (χ2v) is 8.72. The van der Waals surface area contributed by atoms with Gasteiger partial charge in [-0.05, 0) is 54.9 Å². The van der Waals surface area contributed by atoms with E-state index in [1.807, 2.05) is 29.6 Å². The number of aromatic nitrogens is 4. The van der Waals surface area contributed by atoms with Gasteiger partial charge in [-0.1, -0.05) is 6.07 Å². The van der Waals surface area contributed by atoms with Crippen LogP contribution in [0.5, 0.6) is 0 Å². The van der Waals surface area contributed by atoms with Crippen LogP contribution in [0, 0.1) is 5.82 Å². The molecule has 0 aliphatic carbocycles. The molecule has 4 aromatic rings. The predicted molar refractivity (Wildman–Crippen MR) is 127 cm³/mol. The monoisotopic (exact) mass is 463 g/mol. The summed E-state index contributed by atoms with van der Waals surface area (Å²) in [4.78, 5) is 27.2. The van der Waals surface area contributed by atoms with Gasteiger partial charge in [-0.2, -0.15) is 0 Å². The number of anilines is 2. The Kier molecular flexibility index (Phi) is 5.84. The van der Waals surface area contributed by atoms with Gasteiger partial charge >= 0.3 is 0 Å². The summed E-state index contributed by atoms with van der Waals surface area (Å²) < 4.78 is 14.9. The van der Waals surface area contributed by atoms with Gasteiger partial charge in [-0.25, -0.2) is 19.0 Å². The van der Waals surface area contributed by atoms with Crippen LogP contribution in [0.25, 0.3) is 16.4 Å². The first-order chi connectivity index (χ1) is 16.1. The number of carbonyl (C=O) groups is 1. The zero-order valence-corrected chi connectivity index (χ0v) is 18.8. The third-order valence-corrected chi connectivity index (χ3v) is 6.32. The van der Waals surface area contributed by atoms with Gasteiger partial charge in [-0.15, -0.1) is 16.4 Å². The Morgan fingerprint density at radius 1 is 1.06 bits per heavy atom. The van der Waals surface area contributed by atoms with E-state index in [0.29, 0.717) is 17.2 Å². The van der Waals surface area contributed by atoms with Crippen LogP contribution in [0.1, 0.15) is 10.6 Å². The van der Waals surface area contributed by atoms with E-state index in [0.717, 1.165) is 36.9 Å². The van der Waals surface area contributed by atoms with Gasteiger partial charge < -0.3 is 15.1 Å². The molecule has 0 radical (unpaired) electrons. The number of nitrogens with zero attached hydrogens (tertiary/aromatic N) is 6. The molecular weight excluding hydrogens is 441 g/mol. The van der Waals surface area contributed by atoms with E-state index in [1.165, 1.54) is 23.5 Å². The second-order valence-electron chi connectivity index (χ2n) is 7.77. The molecule has 33 heavy (non-hydrogen) atoms. The Labute approximate surface area is 194 Å². The maximum absolute atomic E-state index is 13.4. The van der Waals surface area contributed by atoms with Crippen molar-refractivity contribution < 1.29 is 9.18 Å². The molecule has 1 aliphatic heterocycles. The molecule has 0 atom stereocenters. The highest BCUT2D eigenvalue weighted by atomic mass is 32.1. The standard InChI is InChI=1S/C23H22FN7OS/c1-29-10-12-30(13-11-29)20-9-6-17(15-25-20)26-23(32)21-27-22(19-3-2-14-33-19)31(28-21)18-7-4-16(24)5-8-18/h2-9,14-15H,10-13H2,1H3,(H,26,32). The highest BCUT2D eigenvalue weighted by molar-refractivity contribution is 7.13. The molecule has 4 heterocycles. The van der Waals surface area contributed by atoms with Gasteiger partial charge in [0.15, 0.2) is 5.82 Å². The summed E-state index contributed by atoms with van der Waals surface area (Å²) in [6.07, 6.45) is 1.64. The molecule has 0 saturated carbocycles. The van der Waals surface area contributed by atoms with Crippen molar-refractivity contribution in [3.8, 4) is 16.4 Å². The van der Waals surface area contributed by atoms with Gasteiger partial charge in [0.05, 0.1) is 22.4 Å². The number of thiophene rings is 1. The number of benzene rings is 1. The van der Waals surface area contributed by atoms with Crippen molar-refractivity contribution in [3.63, 3.8) is 0 Å². The molecule has 1 saturated heterocycles. The summed E-state index contributed by atoms with van der Waals surface area (Å²) in [5.74, 6) is 0.640. The van der Waals surface area contributed by atoms with Gasteiger partial charge in [0.2, 0.25) is 5.82 Å². The quantitative estimate of drug-likeness (QED) is 0.488. The summed E-state index contributed by atoms with van der Waals surface area (Å²) >= 11 is 1.49. The Morgan fingerprint density at radius 2 is 1.85 bits per heavy atom. The van der Waals surface area contributed by atoms with E-state index in [2.05, 4.69) is 37.2 Å². The van der Waals surface area contributed by atoms with Crippen molar-refractivity contribution in [1.29, 1.82) is 0 Å². The number of hydrogen-bond acceptors (Lipinski definition) is 7. The molecule has 5 rings (SSSR count). The number of amides is 1. The maximum Gasteiger partial charge on any atom is 0.295 e. The SMILES string of the molecule is CN1CCN(c2ccc(NC(=O)c3nc(-c4cccs4)n(-c4ccc(F)cc4)n3)cn2)CC1. The molecule has 8 nitrogen and oxygen atoms in total. The Morgan fingerprint density at radius 3 is 2.52 bits per heavy atom. The van der Waals surface area contributed by atoms with E-state index >= 15 is 0 Å². The molecule has 168 valence electrons. The Balaban J connectivity index is 1.36. The van der Waals surface area contributed by atoms with Crippen molar-refractivity contribution in [2.24, 2.45) is 0 Å². The zero-order chi connectivity index (χ0) is 22.8. The second kappa shape index (κ2) is 9.08. The van der Waals surface area contributed by atoms with Crippen LogP contribution in [0.15, 0.2) is 60.1 Å². The van der Waals surface area contributed by atoms with Crippen LogP contribution in [0.2, 0.25) is 0 Å². The largest absolute Gasteiger partial charge is 0.354 e. The van der Waals surface area contributed by atoms with Gasteiger partial charge in [-0.3, -0.25) is 4.79 Å². The Bertz CT molecular complexity index is 1230. The molecule has 3 aromatic heterocycles. The predicted octanol–water partition coefficient (Wildman–Crippen LogP) is 3.53. The minimum atomic E-state index is -0.442. The molecule has 1 amide bonds. The lowest BCUT2D eigenvalue weighted by Crippen LogP contribution is -2.44. The van der Waals surface area contributed by atoms with Crippen LogP contribution in [0.3, 0.4) is 0 Å². The number of likely N-dealkylation sites (N-methyl/N-ethyl adjacent to an activating group) is 1. The fraction of sp³-hybridized carbons (Fsp3) is 0.217. The average molecular weight is 464 g/mol. The van der Waals surface area contributed by atoms with E-state index in [1.54, 1.807) is 23.0 Å². The molecular formula is C23H22FN7OS. The highest BCUT2D eigenvalue weighted by Gasteiger charge is 2.20. The number of hydrogen-bond donors (Lipinski definition) is 1. The highest BCUT2D eigenvalue weighted by Crippen LogP contribution is 2.26. The van der Waals surface area contributed by atoms with Crippen LogP contribution in [-0.4, -0.2) is 63.8 Å². The summed E-state index contributed by atoms with van der Waals surface area (Å²) in [5.41, 5.74) is 1.18. The summed E-state index contributed by atoms with van der Waals surface area (Å²) in [5, 5.41) is 9.15. The van der Waals surface area contributed by atoms with E-state index < -0.39 is 5.91 Å². The Hall–Kier alpha value is -3.63. The summed E-state index contributed by atoms with van der Waals surface area (Å²) in [6, 6.07) is 13.4. The third-order valence-electron chi connectivity index (χ3n) is 5.46. The number of carbonyl (C=O) groups excluding carboxylic acids is 1. The first kappa shape index (κ1) is 21.2. The fourth-order valence-corrected chi connectivity index (χ4v) is 4.30. The van der Waals surface area contributed by atoms with Crippen LogP contribution >= 0.6 is 11.3 Å². The van der Waals surface area contributed by atoms with Crippen molar-refractivity contribution in [2.45, 2.75) is 0 Å². The van der Waals surface area contributed by atoms with Crippen molar-refractivity contribution in [3.05, 3.63) is 71.7 Å². The minimum absolute atomic E-state index is 0.0193. The summed E-state index contributed by atoms with van der Waals surface area (Å²) in [6.45, 7) is 3.83. The van der Waals surface area contributed by atoms with Crippen molar-refractivity contribution in [1.82, 2.24) is 24.6 Å². The van der Waals surface area contributed by atoms with E-state index in [4.69, 9.17) is 0 Å². The molecule has 1 N–H and O–H groups in total. The smallest absolute Gasteiger partial charge is 0.295 e. The van der Waals surface area contributed by atoms with Crippen LogP contribution in [0.4, 0.5) is 15.9 Å². The number of nitrogens with one attached hydrogen (secondary N) is 1. The molecule has 1 aliphatic rings. The van der Waals surface area contributed by atoms with Crippen LogP contribution in [-0.2, 0) is 0 Å². The van der Waals surface area contributed by atoms with Crippen molar-refractivity contribution in [2.75, 3.05) is 43.4 Å². The molecule has 0 bridgehead atoms. The van der Waals surface area contributed by atoms with E-state index in [-0.39, 0.29) is 11.6 Å². The number of halogens is 1. The van der Waals surface area contributed by atoms with Gasteiger partial charge in [0.1, 0.15) is 11.6 Å². The topological polar surface area (TPSA) is 79.2 Å². The molecule has 1 aromatic carbocycles. The number of pyridine rings is 1. The minimum Gasteiger partial charge on any atom is -0.354 e. The van der Waals surface area contributed by atoms with Crippen LogP contribution < -0.4 is 10.2 Å². The third kappa shape index (κ3) is 4.62. The first-order valence-corrected chi connectivity index (χ1v) is 11.4. The van der Waals surface area contributed by atoms with Crippen molar-refractivity contribution >= 4 is 28.7 Å². The zero-order valence-electron chi connectivity index (χ0n) is 18.0.